The number of ether oxygens (including phenoxy) is 1. The van der Waals surface area contributed by atoms with Gasteiger partial charge in [0.1, 0.15) is 5.75 Å². The van der Waals surface area contributed by atoms with Crippen LogP contribution in [0, 0.1) is 18.3 Å². The molecule has 1 aromatic rings. The van der Waals surface area contributed by atoms with Gasteiger partial charge in [-0.25, -0.2) is 0 Å². The summed E-state index contributed by atoms with van der Waals surface area (Å²) in [5, 5.41) is 2.82. The molecule has 36 heavy (non-hydrogen) atoms. The van der Waals surface area contributed by atoms with Crippen molar-refractivity contribution in [3.05, 3.63) is 64.8 Å². The summed E-state index contributed by atoms with van der Waals surface area (Å²) in [4.78, 5) is 12.6. The van der Waals surface area contributed by atoms with Crippen molar-refractivity contribution >= 4 is 5.91 Å². The normalized spacial score (nSPS) is 11.2. The maximum atomic E-state index is 13.9. The van der Waals surface area contributed by atoms with Crippen molar-refractivity contribution in [2.24, 2.45) is 5.92 Å². The van der Waals surface area contributed by atoms with Crippen LogP contribution in [0.5, 0.6) is 5.75 Å². The predicted molar refractivity (Wildman–Crippen MR) is 157 cm³/mol. The van der Waals surface area contributed by atoms with Gasteiger partial charge in [0, 0.05) is 26.0 Å². The zero-order valence-corrected chi connectivity index (χ0v) is 25.1. The van der Waals surface area contributed by atoms with Crippen molar-refractivity contribution in [1.82, 2.24) is 5.32 Å². The minimum Gasteiger partial charge on any atom is -0.458 e. The zero-order valence-electron chi connectivity index (χ0n) is 25.1. The van der Waals surface area contributed by atoms with Gasteiger partial charge in [-0.3, -0.25) is 4.79 Å². The van der Waals surface area contributed by atoms with E-state index in [-0.39, 0.29) is 29.7 Å². The lowest BCUT2D eigenvalue weighted by Crippen LogP contribution is -2.28. The molecule has 204 valence electrons. The third-order valence-corrected chi connectivity index (χ3v) is 4.26. The van der Waals surface area contributed by atoms with Crippen LogP contribution in [-0.4, -0.2) is 18.3 Å². The van der Waals surface area contributed by atoms with Crippen molar-refractivity contribution in [1.29, 1.82) is 0 Å². The number of hydrogen-bond donors (Lipinski definition) is 1. The molecule has 0 fully saturated rings. The molecule has 1 N–H and O–H groups in total. The van der Waals surface area contributed by atoms with Crippen LogP contribution in [0.3, 0.4) is 0 Å². The first-order valence-electron chi connectivity index (χ1n) is 13.2. The lowest BCUT2D eigenvalue weighted by Gasteiger charge is -2.19. The molecule has 0 heterocycles. The molecule has 1 aromatic carbocycles. The number of nitrogens with one attached hydrogen (secondary N) is 1. The fourth-order valence-electron chi connectivity index (χ4n) is 3.08. The van der Waals surface area contributed by atoms with Crippen LogP contribution in [0.15, 0.2) is 59.2 Å². The maximum Gasteiger partial charge on any atom is 0.255 e. The molecule has 0 bridgehead atoms. The Kier molecular flexibility index (Phi) is 22.5. The van der Waals surface area contributed by atoms with Gasteiger partial charge in [0.05, 0.1) is 5.56 Å². The number of carbonyl (C=O) groups excluding carboxylic acids is 1. The molecule has 0 aliphatic heterocycles. The van der Waals surface area contributed by atoms with Crippen LogP contribution in [0.1, 0.15) is 106 Å². The largest absolute Gasteiger partial charge is 0.458 e. The van der Waals surface area contributed by atoms with Gasteiger partial charge in [-0.05, 0) is 48.1 Å². The molecule has 0 atom stereocenters. The number of allylic oxidation sites excluding steroid dienone is 3. The van der Waals surface area contributed by atoms with Gasteiger partial charge >= 0.3 is 0 Å². The summed E-state index contributed by atoms with van der Waals surface area (Å²) in [7, 11) is 0. The van der Waals surface area contributed by atoms with Gasteiger partial charge in [-0.2, -0.15) is 4.39 Å². The van der Waals surface area contributed by atoms with E-state index in [9.17, 15) is 9.18 Å². The summed E-state index contributed by atoms with van der Waals surface area (Å²) in [5.41, 5.74) is 4.17. The lowest BCUT2D eigenvalue weighted by atomic mass is 9.88. The van der Waals surface area contributed by atoms with E-state index in [2.05, 4.69) is 52.4 Å². The quantitative estimate of drug-likeness (QED) is 0.270. The number of para-hydroxylation sites is 1. The first kappa shape index (κ1) is 37.7. The number of rotatable bonds is 9. The Morgan fingerprint density at radius 1 is 1.17 bits per heavy atom. The lowest BCUT2D eigenvalue weighted by molar-refractivity contribution is -0.0261. The van der Waals surface area contributed by atoms with E-state index < -0.39 is 5.85 Å². The Morgan fingerprint density at radius 2 is 1.67 bits per heavy atom. The van der Waals surface area contributed by atoms with E-state index in [4.69, 9.17) is 11.2 Å². The molecule has 0 saturated heterocycles. The summed E-state index contributed by atoms with van der Waals surface area (Å²) in [6.07, 6.45) is 9.63. The van der Waals surface area contributed by atoms with Crippen LogP contribution in [0.2, 0.25) is 0 Å². The Balaban J connectivity index is -0.00000141. The Bertz CT molecular complexity index is 865. The van der Waals surface area contributed by atoms with Gasteiger partial charge in [0.25, 0.3) is 5.91 Å². The zero-order chi connectivity index (χ0) is 28.9. The van der Waals surface area contributed by atoms with Crippen LogP contribution in [-0.2, 0) is 0 Å². The average Bonchev–Trinajstić information content (AvgIpc) is 2.84. The number of halogens is 1. The molecule has 0 unspecified atom stereocenters. The summed E-state index contributed by atoms with van der Waals surface area (Å²) in [5.74, 6) is 0.976. The van der Waals surface area contributed by atoms with Gasteiger partial charge < -0.3 is 10.1 Å². The highest BCUT2D eigenvalue weighted by molar-refractivity contribution is 5.97. The molecule has 4 heteroatoms. The average molecular weight is 502 g/mol. The van der Waals surface area contributed by atoms with Crippen molar-refractivity contribution in [3.63, 3.8) is 0 Å². The van der Waals surface area contributed by atoms with Gasteiger partial charge in [0.15, 0.2) is 0 Å². The molecular formula is C32H52FNO2. The smallest absolute Gasteiger partial charge is 0.255 e. The van der Waals surface area contributed by atoms with Crippen LogP contribution >= 0.6 is 0 Å². The number of hydrogen-bond acceptors (Lipinski definition) is 2. The van der Waals surface area contributed by atoms with E-state index in [1.165, 1.54) is 20.3 Å². The predicted octanol–water partition coefficient (Wildman–Crippen LogP) is 9.47. The van der Waals surface area contributed by atoms with E-state index in [1.807, 2.05) is 40.7 Å². The number of terminal acetylenes is 1. The second-order valence-electron chi connectivity index (χ2n) is 8.37. The first-order chi connectivity index (χ1) is 16.9. The molecule has 1 rings (SSSR count). The summed E-state index contributed by atoms with van der Waals surface area (Å²) >= 11 is 0. The van der Waals surface area contributed by atoms with Crippen molar-refractivity contribution in [2.45, 2.75) is 102 Å². The molecule has 0 aliphatic rings. The topological polar surface area (TPSA) is 38.3 Å². The third kappa shape index (κ3) is 16.0. The maximum absolute atomic E-state index is 13.9. The van der Waals surface area contributed by atoms with Gasteiger partial charge in [-0.15, -0.1) is 6.42 Å². The molecule has 3 nitrogen and oxygen atoms in total. The number of carbonyl (C=O) groups is 1. The molecule has 0 radical (unpaired) electrons. The number of alkyl halides is 1. The fraction of sp³-hybridized carbons (Fsp3) is 0.531. The van der Waals surface area contributed by atoms with E-state index in [0.29, 0.717) is 0 Å². The Labute approximate surface area is 222 Å². The molecule has 1 amide bonds. The van der Waals surface area contributed by atoms with Gasteiger partial charge in [0.2, 0.25) is 5.85 Å². The summed E-state index contributed by atoms with van der Waals surface area (Å²) < 4.78 is 19.1. The SMILES string of the molecule is C#C/C(C)=C(/C(=C/C(=C)CNC(=O)c1ccccc1OC(C)(C)F)CC)C(C)C.CC.CC.CCC. The minimum absolute atomic E-state index is 0.197. The summed E-state index contributed by atoms with van der Waals surface area (Å²) in [6.45, 7) is 27.4. The van der Waals surface area contributed by atoms with E-state index in [1.54, 1.807) is 24.3 Å². The third-order valence-electron chi connectivity index (χ3n) is 4.26. The highest BCUT2D eigenvalue weighted by atomic mass is 19.2. The van der Waals surface area contributed by atoms with Crippen molar-refractivity contribution in [3.8, 4) is 18.1 Å². The van der Waals surface area contributed by atoms with Crippen molar-refractivity contribution in [2.75, 3.05) is 6.54 Å². The van der Waals surface area contributed by atoms with Crippen molar-refractivity contribution < 1.29 is 13.9 Å². The van der Waals surface area contributed by atoms with Gasteiger partial charge in [-0.1, -0.05) is 99.4 Å². The number of amides is 1. The minimum atomic E-state index is -1.88. The fourth-order valence-corrected chi connectivity index (χ4v) is 3.08. The van der Waals surface area contributed by atoms with Crippen LogP contribution in [0.25, 0.3) is 0 Å². The summed E-state index contributed by atoms with van der Waals surface area (Å²) in [6, 6.07) is 6.57. The molecule has 0 saturated carbocycles. The molecule has 0 aromatic heterocycles. The monoisotopic (exact) mass is 501 g/mol. The van der Waals surface area contributed by atoms with E-state index >= 15 is 0 Å². The highest BCUT2D eigenvalue weighted by Gasteiger charge is 2.21. The van der Waals surface area contributed by atoms with Crippen LogP contribution in [0.4, 0.5) is 4.39 Å². The standard InChI is InChI=1S/C25H32FNO2.C3H8.2C2H6/c1-9-19(6)23(17(3)4)20(10-2)15-18(5)16-27-24(28)21-13-11-12-14-22(21)29-25(7,8)26;1-3-2;2*1-2/h1,11-15,17H,5,10,16H2,2-4,6-8H3,(H,27,28);3H2,1-2H3;2*1-2H3/b20-15+,23-19+;;;. The van der Waals surface area contributed by atoms with E-state index in [0.717, 1.165) is 28.7 Å². The number of benzene rings is 1. The van der Waals surface area contributed by atoms with Crippen LogP contribution < -0.4 is 10.1 Å². The Morgan fingerprint density at radius 3 is 2.08 bits per heavy atom. The molecular weight excluding hydrogens is 449 g/mol. The first-order valence-corrected chi connectivity index (χ1v) is 13.2. The Hall–Kier alpha value is -2.80. The molecule has 0 aliphatic carbocycles. The second kappa shape index (κ2) is 21.5. The molecule has 0 spiro atoms. The second-order valence-corrected chi connectivity index (χ2v) is 8.37. The highest BCUT2D eigenvalue weighted by Crippen LogP contribution is 2.27.